The molecule has 21 heavy (non-hydrogen) atoms. The van der Waals surface area contributed by atoms with Crippen LogP contribution in [0, 0.1) is 0 Å². The van der Waals surface area contributed by atoms with Crippen LogP contribution in [0.25, 0.3) is 0 Å². The molecule has 0 spiro atoms. The van der Waals surface area contributed by atoms with Crippen LogP contribution < -0.4 is 9.47 Å². The van der Waals surface area contributed by atoms with Crippen LogP contribution in [0.4, 0.5) is 0 Å². The number of methoxy groups -OCH3 is 1. The van der Waals surface area contributed by atoms with Crippen LogP contribution in [-0.4, -0.2) is 32.7 Å². The summed E-state index contributed by atoms with van der Waals surface area (Å²) >= 11 is 0. The first-order valence-corrected chi connectivity index (χ1v) is 7.82. The smallest absolute Gasteiger partial charge is 0.161 e. The molecule has 1 unspecified atom stereocenters. The van der Waals surface area contributed by atoms with Crippen LogP contribution in [0.5, 0.6) is 11.5 Å². The lowest BCUT2D eigenvalue weighted by atomic mass is 9.98. The molecule has 0 radical (unpaired) electrons. The molecule has 1 atom stereocenters. The predicted octanol–water partition coefficient (Wildman–Crippen LogP) is 3.79. The summed E-state index contributed by atoms with van der Waals surface area (Å²) < 4.78 is 22.3. The molecule has 0 N–H and O–H groups in total. The summed E-state index contributed by atoms with van der Waals surface area (Å²) in [6, 6.07) is 7.86. The minimum Gasteiger partial charge on any atom is -0.487 e. The first-order chi connectivity index (χ1) is 10.3. The zero-order valence-electron chi connectivity index (χ0n) is 13.0. The van der Waals surface area contributed by atoms with Crippen molar-refractivity contribution in [2.45, 2.75) is 51.4 Å². The zero-order chi connectivity index (χ0) is 14.9. The van der Waals surface area contributed by atoms with Gasteiger partial charge in [-0.3, -0.25) is 0 Å². The van der Waals surface area contributed by atoms with E-state index >= 15 is 0 Å². The summed E-state index contributed by atoms with van der Waals surface area (Å²) in [6.45, 7) is 2.84. The highest BCUT2D eigenvalue weighted by molar-refractivity contribution is 5.39. The predicted molar refractivity (Wildman–Crippen MR) is 81.9 cm³/mol. The third kappa shape index (κ3) is 5.56. The van der Waals surface area contributed by atoms with E-state index < -0.39 is 0 Å². The first-order valence-electron chi connectivity index (χ1n) is 7.82. The normalized spacial score (nSPS) is 17.4. The molecule has 1 aliphatic carbocycles. The quantitative estimate of drug-likeness (QED) is 0.540. The topological polar surface area (TPSA) is 36.9 Å². The second-order valence-corrected chi connectivity index (χ2v) is 5.35. The Hall–Kier alpha value is -1.26. The fraction of sp³-hybridized carbons (Fsp3) is 0.647. The number of para-hydroxylation sites is 2. The SMILES string of the molecule is COC(C)OCCOc1ccccc1OC1CCCCC1. The highest BCUT2D eigenvalue weighted by Crippen LogP contribution is 2.30. The van der Waals surface area contributed by atoms with Gasteiger partial charge in [-0.25, -0.2) is 0 Å². The number of ether oxygens (including phenoxy) is 4. The fourth-order valence-corrected chi connectivity index (χ4v) is 2.46. The van der Waals surface area contributed by atoms with Crippen LogP contribution in [0.15, 0.2) is 24.3 Å². The minimum absolute atomic E-state index is 0.206. The molecule has 1 fully saturated rings. The molecule has 0 bridgehead atoms. The van der Waals surface area contributed by atoms with E-state index in [0.717, 1.165) is 24.3 Å². The third-order valence-corrected chi connectivity index (χ3v) is 3.72. The van der Waals surface area contributed by atoms with Gasteiger partial charge >= 0.3 is 0 Å². The van der Waals surface area contributed by atoms with Crippen molar-refractivity contribution < 1.29 is 18.9 Å². The monoisotopic (exact) mass is 294 g/mol. The lowest BCUT2D eigenvalue weighted by molar-refractivity contribution is -0.115. The van der Waals surface area contributed by atoms with E-state index in [1.54, 1.807) is 7.11 Å². The molecule has 4 nitrogen and oxygen atoms in total. The minimum atomic E-state index is -0.206. The molecule has 1 aliphatic rings. The largest absolute Gasteiger partial charge is 0.487 e. The number of hydrogen-bond donors (Lipinski definition) is 0. The van der Waals surface area contributed by atoms with Gasteiger partial charge < -0.3 is 18.9 Å². The third-order valence-electron chi connectivity index (χ3n) is 3.72. The molecule has 0 aromatic heterocycles. The van der Waals surface area contributed by atoms with Crippen molar-refractivity contribution in [3.8, 4) is 11.5 Å². The number of rotatable bonds is 8. The summed E-state index contributed by atoms with van der Waals surface area (Å²) in [5.74, 6) is 1.63. The molecule has 4 heteroatoms. The van der Waals surface area contributed by atoms with Crippen LogP contribution >= 0.6 is 0 Å². The summed E-state index contributed by atoms with van der Waals surface area (Å²) in [7, 11) is 1.62. The highest BCUT2D eigenvalue weighted by atomic mass is 16.7. The van der Waals surface area contributed by atoms with Crippen molar-refractivity contribution in [3.05, 3.63) is 24.3 Å². The fourth-order valence-electron chi connectivity index (χ4n) is 2.46. The highest BCUT2D eigenvalue weighted by Gasteiger charge is 2.16. The van der Waals surface area contributed by atoms with Crippen molar-refractivity contribution in [1.29, 1.82) is 0 Å². The maximum Gasteiger partial charge on any atom is 0.161 e. The summed E-state index contributed by atoms with van der Waals surface area (Å²) in [5.41, 5.74) is 0. The molecule has 0 amide bonds. The average Bonchev–Trinajstić information content (AvgIpc) is 2.53. The Bertz CT molecular complexity index is 402. The molecular weight excluding hydrogens is 268 g/mol. The van der Waals surface area contributed by atoms with E-state index in [0.29, 0.717) is 19.3 Å². The van der Waals surface area contributed by atoms with Crippen molar-refractivity contribution in [2.75, 3.05) is 20.3 Å². The first kappa shape index (κ1) is 16.1. The Labute approximate surface area is 127 Å². The molecule has 118 valence electrons. The van der Waals surface area contributed by atoms with Gasteiger partial charge in [0.2, 0.25) is 0 Å². The van der Waals surface area contributed by atoms with Crippen molar-refractivity contribution in [1.82, 2.24) is 0 Å². The van der Waals surface area contributed by atoms with E-state index in [-0.39, 0.29) is 6.29 Å². The van der Waals surface area contributed by atoms with E-state index in [1.165, 1.54) is 19.3 Å². The molecule has 1 aromatic rings. The summed E-state index contributed by atoms with van der Waals surface area (Å²) in [5, 5.41) is 0. The molecule has 1 aromatic carbocycles. The van der Waals surface area contributed by atoms with Gasteiger partial charge in [-0.15, -0.1) is 0 Å². The zero-order valence-corrected chi connectivity index (χ0v) is 13.0. The second kappa shape index (κ2) is 8.90. The lowest BCUT2D eigenvalue weighted by Gasteiger charge is -2.24. The Balaban J connectivity index is 1.81. The Morgan fingerprint density at radius 1 is 1.05 bits per heavy atom. The van der Waals surface area contributed by atoms with Crippen LogP contribution in [0.1, 0.15) is 39.0 Å². The molecule has 0 aliphatic heterocycles. The van der Waals surface area contributed by atoms with Gasteiger partial charge in [-0.1, -0.05) is 18.6 Å². The van der Waals surface area contributed by atoms with Gasteiger partial charge in [0, 0.05) is 7.11 Å². The summed E-state index contributed by atoms with van der Waals surface area (Å²) in [4.78, 5) is 0. The summed E-state index contributed by atoms with van der Waals surface area (Å²) in [6.07, 6.45) is 6.25. The van der Waals surface area contributed by atoms with Gasteiger partial charge in [-0.2, -0.15) is 0 Å². The van der Waals surface area contributed by atoms with Gasteiger partial charge in [0.1, 0.15) is 6.61 Å². The van der Waals surface area contributed by atoms with Gasteiger partial charge in [-0.05, 0) is 44.7 Å². The maximum atomic E-state index is 6.10. The molecular formula is C17H26O4. The standard InChI is InChI=1S/C17H26O4/c1-14(18-2)19-12-13-20-16-10-6-7-11-17(16)21-15-8-4-3-5-9-15/h6-7,10-11,14-15H,3-5,8-9,12-13H2,1-2H3. The average molecular weight is 294 g/mol. The lowest BCUT2D eigenvalue weighted by Crippen LogP contribution is -2.20. The maximum absolute atomic E-state index is 6.10. The van der Waals surface area contributed by atoms with Crippen LogP contribution in [-0.2, 0) is 9.47 Å². The Morgan fingerprint density at radius 3 is 2.48 bits per heavy atom. The van der Waals surface area contributed by atoms with Crippen molar-refractivity contribution in [3.63, 3.8) is 0 Å². The van der Waals surface area contributed by atoms with E-state index in [4.69, 9.17) is 18.9 Å². The molecule has 0 heterocycles. The van der Waals surface area contributed by atoms with E-state index in [9.17, 15) is 0 Å². The second-order valence-electron chi connectivity index (χ2n) is 5.35. The number of benzene rings is 1. The van der Waals surface area contributed by atoms with Gasteiger partial charge in [0.05, 0.1) is 12.7 Å². The molecule has 0 saturated heterocycles. The van der Waals surface area contributed by atoms with Crippen molar-refractivity contribution in [2.24, 2.45) is 0 Å². The number of hydrogen-bond acceptors (Lipinski definition) is 4. The Kier molecular flexibility index (Phi) is 6.83. The molecule has 2 rings (SSSR count). The van der Waals surface area contributed by atoms with Gasteiger partial charge in [0.25, 0.3) is 0 Å². The Morgan fingerprint density at radius 2 is 1.76 bits per heavy atom. The molecule has 1 saturated carbocycles. The van der Waals surface area contributed by atoms with Gasteiger partial charge in [0.15, 0.2) is 17.8 Å². The van der Waals surface area contributed by atoms with Crippen LogP contribution in [0.2, 0.25) is 0 Å². The van der Waals surface area contributed by atoms with E-state index in [1.807, 2.05) is 31.2 Å². The van der Waals surface area contributed by atoms with E-state index in [2.05, 4.69) is 0 Å². The van der Waals surface area contributed by atoms with Crippen molar-refractivity contribution >= 4 is 0 Å². The van der Waals surface area contributed by atoms with Crippen LogP contribution in [0.3, 0.4) is 0 Å².